The highest BCUT2D eigenvalue weighted by atomic mass is 32.2. The summed E-state index contributed by atoms with van der Waals surface area (Å²) in [5, 5.41) is 0. The Kier molecular flexibility index (Phi) is 3.15. The summed E-state index contributed by atoms with van der Waals surface area (Å²) in [5.74, 6) is 0.0162. The van der Waals surface area contributed by atoms with Gasteiger partial charge in [0.25, 0.3) is 10.1 Å². The summed E-state index contributed by atoms with van der Waals surface area (Å²) in [7, 11) is -3.86. The van der Waals surface area contributed by atoms with Gasteiger partial charge < -0.3 is 0 Å². The van der Waals surface area contributed by atoms with Crippen molar-refractivity contribution < 1.29 is 17.4 Å². The highest BCUT2D eigenvalue weighted by molar-refractivity contribution is 7.86. The van der Waals surface area contributed by atoms with Crippen LogP contribution in [0.15, 0.2) is 29.2 Å². The maximum absolute atomic E-state index is 12.5. The van der Waals surface area contributed by atoms with E-state index < -0.39 is 21.6 Å². The zero-order valence-electron chi connectivity index (χ0n) is 13.6. The van der Waals surface area contributed by atoms with Gasteiger partial charge in [0.05, 0.1) is 16.4 Å². The third-order valence-electron chi connectivity index (χ3n) is 5.41. The summed E-state index contributed by atoms with van der Waals surface area (Å²) >= 11 is 0. The molecule has 2 aliphatic rings. The van der Waals surface area contributed by atoms with E-state index in [1.165, 1.54) is 0 Å². The van der Waals surface area contributed by atoms with Gasteiger partial charge in [0, 0.05) is 11.8 Å². The molecule has 0 aromatic heterocycles. The van der Waals surface area contributed by atoms with Gasteiger partial charge in [-0.15, -0.1) is 0 Å². The number of fused-ring (bicyclic) bond motifs is 1. The van der Waals surface area contributed by atoms with Gasteiger partial charge in [-0.25, -0.2) is 0 Å². The molecule has 0 saturated heterocycles. The van der Waals surface area contributed by atoms with Crippen LogP contribution < -0.4 is 0 Å². The molecule has 22 heavy (non-hydrogen) atoms. The fourth-order valence-corrected chi connectivity index (χ4v) is 5.02. The summed E-state index contributed by atoms with van der Waals surface area (Å²) in [6, 6.07) is 6.57. The van der Waals surface area contributed by atoms with Crippen LogP contribution in [0.5, 0.6) is 0 Å². The molecule has 5 heteroatoms. The fourth-order valence-electron chi connectivity index (χ4n) is 3.81. The van der Waals surface area contributed by atoms with Crippen LogP contribution in [0.1, 0.15) is 33.3 Å². The Labute approximate surface area is 132 Å². The molecule has 2 saturated carbocycles. The molecule has 1 aromatic carbocycles. The van der Waals surface area contributed by atoms with Crippen LogP contribution in [-0.4, -0.2) is 20.3 Å². The number of aryl methyl sites for hydroxylation is 1. The Hall–Kier alpha value is -1.20. The first-order chi connectivity index (χ1) is 9.99. The molecule has 120 valence electrons. The van der Waals surface area contributed by atoms with Gasteiger partial charge in [0.1, 0.15) is 5.78 Å². The highest BCUT2D eigenvalue weighted by Gasteiger charge is 2.75. The van der Waals surface area contributed by atoms with Crippen LogP contribution in [0.2, 0.25) is 0 Å². The van der Waals surface area contributed by atoms with E-state index in [0.717, 1.165) is 5.56 Å². The molecule has 0 N–H and O–H groups in total. The molecule has 0 bridgehead atoms. The lowest BCUT2D eigenvalue weighted by Gasteiger charge is -2.31. The van der Waals surface area contributed by atoms with E-state index in [0.29, 0.717) is 0 Å². The quantitative estimate of drug-likeness (QED) is 0.803. The molecule has 0 aliphatic heterocycles. The molecule has 4 nitrogen and oxygen atoms in total. The molecule has 3 rings (SSSR count). The van der Waals surface area contributed by atoms with E-state index in [2.05, 4.69) is 0 Å². The van der Waals surface area contributed by atoms with Crippen LogP contribution in [0.25, 0.3) is 0 Å². The zero-order chi connectivity index (χ0) is 16.5. The predicted molar refractivity (Wildman–Crippen MR) is 82.8 cm³/mol. The van der Waals surface area contributed by atoms with Crippen molar-refractivity contribution in [1.29, 1.82) is 0 Å². The van der Waals surface area contributed by atoms with Crippen molar-refractivity contribution in [2.24, 2.45) is 22.7 Å². The van der Waals surface area contributed by atoms with Crippen LogP contribution in [0.4, 0.5) is 0 Å². The monoisotopic (exact) mass is 322 g/mol. The Morgan fingerprint density at radius 3 is 2.09 bits per heavy atom. The van der Waals surface area contributed by atoms with Gasteiger partial charge in [0.2, 0.25) is 0 Å². The zero-order valence-corrected chi connectivity index (χ0v) is 14.4. The largest absolute Gasteiger partial charge is 0.299 e. The number of carbonyl (C=O) groups excluding carboxylic acids is 1. The van der Waals surface area contributed by atoms with E-state index in [9.17, 15) is 13.2 Å². The molecule has 0 heterocycles. The van der Waals surface area contributed by atoms with Crippen molar-refractivity contribution in [3.63, 3.8) is 0 Å². The number of benzene rings is 1. The Balaban J connectivity index is 1.92. The minimum Gasteiger partial charge on any atom is -0.299 e. The Bertz CT molecular complexity index is 728. The molecule has 3 unspecified atom stereocenters. The molecule has 0 amide bonds. The Morgan fingerprint density at radius 2 is 1.59 bits per heavy atom. The fraction of sp³-hybridized carbons (Fsp3) is 0.588. The van der Waals surface area contributed by atoms with Crippen LogP contribution in [-0.2, 0) is 19.1 Å². The van der Waals surface area contributed by atoms with Gasteiger partial charge in [0.15, 0.2) is 0 Å². The first kappa shape index (κ1) is 15.7. The topological polar surface area (TPSA) is 60.4 Å². The highest BCUT2D eigenvalue weighted by Crippen LogP contribution is 2.70. The van der Waals surface area contributed by atoms with Gasteiger partial charge in [-0.05, 0) is 24.5 Å². The smallest absolute Gasteiger partial charge is 0.297 e. The molecule has 3 atom stereocenters. The summed E-state index contributed by atoms with van der Waals surface area (Å²) in [4.78, 5) is 12.6. The van der Waals surface area contributed by atoms with Gasteiger partial charge in [-0.1, -0.05) is 45.4 Å². The third-order valence-corrected chi connectivity index (χ3v) is 6.72. The van der Waals surface area contributed by atoms with Crippen molar-refractivity contribution in [2.45, 2.75) is 45.6 Å². The standard InChI is InChI=1S/C17H22O4S/c1-10-6-8-11(9-7-10)22(19,20)21-15-13-12(16(13,2)3)14(18)17(15,4)5/h6-9,12-13,15H,1-5H3. The number of hydrogen-bond acceptors (Lipinski definition) is 4. The number of carbonyl (C=O) groups is 1. The number of ketones is 1. The van der Waals surface area contributed by atoms with Crippen molar-refractivity contribution in [3.8, 4) is 0 Å². The van der Waals surface area contributed by atoms with Crippen LogP contribution in [0.3, 0.4) is 0 Å². The average Bonchev–Trinajstić information content (AvgIpc) is 2.89. The lowest BCUT2D eigenvalue weighted by atomic mass is 9.79. The lowest BCUT2D eigenvalue weighted by Crippen LogP contribution is -2.39. The number of hydrogen-bond donors (Lipinski definition) is 0. The number of Topliss-reactive ketones (excluding diaryl/α,β-unsaturated/α-hetero) is 1. The lowest BCUT2D eigenvalue weighted by molar-refractivity contribution is -0.130. The maximum Gasteiger partial charge on any atom is 0.297 e. The van der Waals surface area contributed by atoms with Crippen molar-refractivity contribution in [1.82, 2.24) is 0 Å². The average molecular weight is 322 g/mol. The molecular weight excluding hydrogens is 300 g/mol. The van der Waals surface area contributed by atoms with Crippen molar-refractivity contribution in [2.75, 3.05) is 0 Å². The van der Waals surface area contributed by atoms with Crippen molar-refractivity contribution in [3.05, 3.63) is 29.8 Å². The molecular formula is C17H22O4S. The van der Waals surface area contributed by atoms with E-state index in [1.807, 2.05) is 20.8 Å². The second-order valence-electron chi connectivity index (χ2n) is 7.69. The summed E-state index contributed by atoms with van der Waals surface area (Å²) in [6.45, 7) is 9.47. The second-order valence-corrected chi connectivity index (χ2v) is 9.27. The van der Waals surface area contributed by atoms with Gasteiger partial charge in [-0.2, -0.15) is 8.42 Å². The summed E-state index contributed by atoms with van der Waals surface area (Å²) in [6.07, 6.45) is -0.591. The SMILES string of the molecule is Cc1ccc(S(=O)(=O)OC2C3C(C(=O)C2(C)C)C3(C)C)cc1. The third kappa shape index (κ3) is 2.06. The first-order valence-corrected chi connectivity index (χ1v) is 8.94. The maximum atomic E-state index is 12.5. The first-order valence-electron chi connectivity index (χ1n) is 7.54. The molecule has 0 radical (unpaired) electrons. The van der Waals surface area contributed by atoms with E-state index >= 15 is 0 Å². The van der Waals surface area contributed by atoms with E-state index in [-0.39, 0.29) is 27.9 Å². The number of rotatable bonds is 3. The van der Waals surface area contributed by atoms with Gasteiger partial charge in [-0.3, -0.25) is 8.98 Å². The second kappa shape index (κ2) is 4.42. The molecule has 0 spiro atoms. The molecule has 2 fully saturated rings. The molecule has 1 aromatic rings. The molecule has 2 aliphatic carbocycles. The summed E-state index contributed by atoms with van der Waals surface area (Å²) < 4.78 is 30.6. The minimum absolute atomic E-state index is 0.0183. The Morgan fingerprint density at radius 1 is 1.05 bits per heavy atom. The summed E-state index contributed by atoms with van der Waals surface area (Å²) in [5.41, 5.74) is 0.0570. The predicted octanol–water partition coefficient (Wildman–Crippen LogP) is 2.95. The van der Waals surface area contributed by atoms with Crippen LogP contribution in [0, 0.1) is 29.6 Å². The van der Waals surface area contributed by atoms with Crippen LogP contribution >= 0.6 is 0 Å². The van der Waals surface area contributed by atoms with Gasteiger partial charge >= 0.3 is 0 Å². The van der Waals surface area contributed by atoms with Crippen molar-refractivity contribution >= 4 is 15.9 Å². The minimum atomic E-state index is -3.86. The normalized spacial score (nSPS) is 31.9. The van der Waals surface area contributed by atoms with E-state index in [1.54, 1.807) is 38.1 Å². The van der Waals surface area contributed by atoms with E-state index in [4.69, 9.17) is 4.18 Å².